The molecule has 0 saturated heterocycles. The lowest BCUT2D eigenvalue weighted by Gasteiger charge is -2.13. The summed E-state index contributed by atoms with van der Waals surface area (Å²) in [6.07, 6.45) is 1.78. The van der Waals surface area contributed by atoms with Crippen LogP contribution in [-0.2, 0) is 24.4 Å². The molecule has 0 atom stereocenters. The van der Waals surface area contributed by atoms with Crippen LogP contribution in [-0.4, -0.2) is 29.2 Å². The van der Waals surface area contributed by atoms with Gasteiger partial charge in [-0.1, -0.05) is 12.1 Å². The van der Waals surface area contributed by atoms with Gasteiger partial charge in [0.2, 0.25) is 0 Å². The fourth-order valence-corrected chi connectivity index (χ4v) is 2.22. The Morgan fingerprint density at radius 1 is 1.43 bits per heavy atom. The summed E-state index contributed by atoms with van der Waals surface area (Å²) in [5.74, 6) is 1.43. The summed E-state index contributed by atoms with van der Waals surface area (Å²) < 4.78 is 12.4. The first-order chi connectivity index (χ1) is 10.3. The fraction of sp³-hybridized carbons (Fsp3) is 0.333. The Morgan fingerprint density at radius 2 is 2.24 bits per heavy atom. The molecule has 0 bridgehead atoms. The number of carbonyl (C=O) groups excluding carboxylic acids is 1. The highest BCUT2D eigenvalue weighted by Gasteiger charge is 2.16. The normalized spacial score (nSPS) is 13.6. The molecule has 0 radical (unpaired) electrons. The number of hydrogen-bond acceptors (Lipinski definition) is 4. The van der Waals surface area contributed by atoms with E-state index < -0.39 is 0 Å². The number of nitrogens with zero attached hydrogens (tertiary/aromatic N) is 2. The third kappa shape index (κ3) is 3.05. The van der Waals surface area contributed by atoms with E-state index in [1.54, 1.807) is 13.3 Å². The number of rotatable bonds is 4. The van der Waals surface area contributed by atoms with Gasteiger partial charge in [0.05, 0.1) is 13.7 Å². The van der Waals surface area contributed by atoms with Gasteiger partial charge in [0.25, 0.3) is 5.91 Å². The molecule has 110 valence electrons. The van der Waals surface area contributed by atoms with Crippen molar-refractivity contribution >= 4 is 5.91 Å². The molecule has 1 aliphatic rings. The van der Waals surface area contributed by atoms with E-state index in [1.807, 2.05) is 28.8 Å². The second-order valence-electron chi connectivity index (χ2n) is 4.82. The monoisotopic (exact) mass is 287 g/mol. The van der Waals surface area contributed by atoms with E-state index >= 15 is 0 Å². The molecule has 2 aromatic rings. The van der Waals surface area contributed by atoms with Crippen molar-refractivity contribution in [3.05, 3.63) is 47.5 Å². The Hall–Kier alpha value is -2.34. The number of hydrogen-bond donors (Lipinski definition) is 1. The van der Waals surface area contributed by atoms with Gasteiger partial charge in [-0.15, -0.1) is 0 Å². The van der Waals surface area contributed by atoms with Crippen molar-refractivity contribution in [2.45, 2.75) is 19.7 Å². The molecular formula is C15H17N3O3. The standard InChI is InChI=1S/C15H17N3O3/c1-20-12-4-2-11(3-5-12)8-16-15(19)13-9-18-6-7-21-10-14(18)17-13/h2-5,9H,6-8,10H2,1H3,(H,16,19). The Morgan fingerprint density at radius 3 is 2.95 bits per heavy atom. The van der Waals surface area contributed by atoms with Crippen LogP contribution < -0.4 is 10.1 Å². The Kier molecular flexibility index (Phi) is 3.87. The number of benzene rings is 1. The average molecular weight is 287 g/mol. The third-order valence-electron chi connectivity index (χ3n) is 3.41. The zero-order chi connectivity index (χ0) is 14.7. The average Bonchev–Trinajstić information content (AvgIpc) is 2.97. The number of amides is 1. The lowest BCUT2D eigenvalue weighted by molar-refractivity contribution is 0.0816. The molecule has 0 aliphatic carbocycles. The first-order valence-electron chi connectivity index (χ1n) is 6.81. The predicted molar refractivity (Wildman–Crippen MR) is 76.0 cm³/mol. The van der Waals surface area contributed by atoms with Crippen molar-refractivity contribution in [1.82, 2.24) is 14.9 Å². The zero-order valence-electron chi connectivity index (χ0n) is 11.8. The van der Waals surface area contributed by atoms with Crippen LogP contribution in [0.5, 0.6) is 5.75 Å². The molecule has 6 nitrogen and oxygen atoms in total. The topological polar surface area (TPSA) is 65.4 Å². The van der Waals surface area contributed by atoms with Crippen molar-refractivity contribution in [2.24, 2.45) is 0 Å². The molecule has 0 spiro atoms. The number of ether oxygens (including phenoxy) is 2. The lowest BCUT2D eigenvalue weighted by atomic mass is 10.2. The smallest absolute Gasteiger partial charge is 0.271 e. The molecular weight excluding hydrogens is 270 g/mol. The molecule has 0 fully saturated rings. The Balaban J connectivity index is 1.61. The van der Waals surface area contributed by atoms with Crippen LogP contribution in [0.1, 0.15) is 21.9 Å². The minimum Gasteiger partial charge on any atom is -0.497 e. The maximum Gasteiger partial charge on any atom is 0.271 e. The van der Waals surface area contributed by atoms with Gasteiger partial charge < -0.3 is 19.4 Å². The van der Waals surface area contributed by atoms with Crippen LogP contribution in [0.3, 0.4) is 0 Å². The summed E-state index contributed by atoms with van der Waals surface area (Å²) in [5.41, 5.74) is 1.44. The van der Waals surface area contributed by atoms with Crippen molar-refractivity contribution in [3.63, 3.8) is 0 Å². The molecule has 3 rings (SSSR count). The Bertz CT molecular complexity index is 611. The van der Waals surface area contributed by atoms with Gasteiger partial charge in [0.15, 0.2) is 0 Å². The van der Waals surface area contributed by atoms with Crippen LogP contribution in [0, 0.1) is 0 Å². The van der Waals surface area contributed by atoms with Crippen molar-refractivity contribution < 1.29 is 14.3 Å². The highest BCUT2D eigenvalue weighted by atomic mass is 16.5. The van der Waals surface area contributed by atoms with E-state index in [2.05, 4.69) is 10.3 Å². The molecule has 21 heavy (non-hydrogen) atoms. The fourth-order valence-electron chi connectivity index (χ4n) is 2.22. The summed E-state index contributed by atoms with van der Waals surface area (Å²) in [6, 6.07) is 7.58. The molecule has 1 N–H and O–H groups in total. The highest BCUT2D eigenvalue weighted by Crippen LogP contribution is 2.12. The van der Waals surface area contributed by atoms with Crippen molar-refractivity contribution in [2.75, 3.05) is 13.7 Å². The van der Waals surface area contributed by atoms with Gasteiger partial charge in [-0.3, -0.25) is 4.79 Å². The summed E-state index contributed by atoms with van der Waals surface area (Å²) in [4.78, 5) is 16.4. The first kappa shape index (κ1) is 13.6. The van der Waals surface area contributed by atoms with Crippen LogP contribution in [0.4, 0.5) is 0 Å². The SMILES string of the molecule is COc1ccc(CNC(=O)c2cn3c(n2)COCC3)cc1. The molecule has 1 aliphatic heterocycles. The van der Waals surface area contributed by atoms with Crippen molar-refractivity contribution in [1.29, 1.82) is 0 Å². The number of fused-ring (bicyclic) bond motifs is 1. The van der Waals surface area contributed by atoms with Gasteiger partial charge >= 0.3 is 0 Å². The van der Waals surface area contributed by atoms with Crippen molar-refractivity contribution in [3.8, 4) is 5.75 Å². The molecule has 6 heteroatoms. The summed E-state index contributed by atoms with van der Waals surface area (Å²) in [7, 11) is 1.63. The van der Waals surface area contributed by atoms with Crippen LogP contribution in [0.2, 0.25) is 0 Å². The number of imidazole rings is 1. The van der Waals surface area contributed by atoms with Gasteiger partial charge in [-0.2, -0.15) is 0 Å². The van der Waals surface area contributed by atoms with Gasteiger partial charge in [-0.05, 0) is 17.7 Å². The lowest BCUT2D eigenvalue weighted by Crippen LogP contribution is -2.23. The minimum atomic E-state index is -0.173. The maximum atomic E-state index is 12.1. The molecule has 1 amide bonds. The number of aromatic nitrogens is 2. The van der Waals surface area contributed by atoms with E-state index in [-0.39, 0.29) is 5.91 Å². The van der Waals surface area contributed by atoms with E-state index in [0.29, 0.717) is 25.5 Å². The second-order valence-corrected chi connectivity index (χ2v) is 4.82. The molecule has 1 aromatic carbocycles. The quantitative estimate of drug-likeness (QED) is 0.922. The summed E-state index contributed by atoms with van der Waals surface area (Å²) in [5, 5.41) is 2.87. The number of nitrogens with one attached hydrogen (secondary N) is 1. The van der Waals surface area contributed by atoms with Gasteiger partial charge in [-0.25, -0.2) is 4.98 Å². The first-order valence-corrected chi connectivity index (χ1v) is 6.81. The number of carbonyl (C=O) groups is 1. The molecule has 1 aromatic heterocycles. The minimum absolute atomic E-state index is 0.173. The second kappa shape index (κ2) is 5.97. The predicted octanol–water partition coefficient (Wildman–Crippen LogP) is 1.35. The highest BCUT2D eigenvalue weighted by molar-refractivity contribution is 5.92. The number of methoxy groups -OCH3 is 1. The largest absolute Gasteiger partial charge is 0.497 e. The van der Waals surface area contributed by atoms with Crippen LogP contribution >= 0.6 is 0 Å². The third-order valence-corrected chi connectivity index (χ3v) is 3.41. The molecule has 0 saturated carbocycles. The van der Waals surface area contributed by atoms with E-state index in [9.17, 15) is 4.79 Å². The zero-order valence-corrected chi connectivity index (χ0v) is 11.8. The van der Waals surface area contributed by atoms with E-state index in [4.69, 9.17) is 9.47 Å². The van der Waals surface area contributed by atoms with Crippen LogP contribution in [0.15, 0.2) is 30.5 Å². The van der Waals surface area contributed by atoms with Crippen LogP contribution in [0.25, 0.3) is 0 Å². The van der Waals surface area contributed by atoms with E-state index in [0.717, 1.165) is 23.7 Å². The molecule has 0 unspecified atom stereocenters. The summed E-state index contributed by atoms with van der Waals surface area (Å²) >= 11 is 0. The van der Waals surface area contributed by atoms with E-state index in [1.165, 1.54) is 0 Å². The Labute approximate surface area is 122 Å². The maximum absolute atomic E-state index is 12.1. The van der Waals surface area contributed by atoms with Gasteiger partial charge in [0, 0.05) is 19.3 Å². The summed E-state index contributed by atoms with van der Waals surface area (Å²) in [6.45, 7) is 2.33. The molecule has 2 heterocycles. The van der Waals surface area contributed by atoms with Gasteiger partial charge in [0.1, 0.15) is 23.9 Å².